The molecule has 0 spiro atoms. The molecule has 0 bridgehead atoms. The van der Waals surface area contributed by atoms with Crippen LogP contribution in [0.1, 0.15) is 24.2 Å². The number of hydrogen-bond acceptors (Lipinski definition) is 3. The molecule has 1 aromatic heterocycles. The van der Waals surface area contributed by atoms with Gasteiger partial charge in [0, 0.05) is 12.7 Å². The fraction of sp³-hybridized carbons (Fsp3) is 0.455. The molecular formula is C11H14Cl2N2O2. The number of aliphatic hydroxyl groups excluding tert-OH is 1. The van der Waals surface area contributed by atoms with Gasteiger partial charge in [0.1, 0.15) is 5.15 Å². The van der Waals surface area contributed by atoms with Gasteiger partial charge in [-0.15, -0.1) is 0 Å². The number of amides is 1. The number of rotatable bonds is 4. The molecule has 0 saturated carbocycles. The van der Waals surface area contributed by atoms with Gasteiger partial charge in [0.2, 0.25) is 0 Å². The number of hydrogen-bond donors (Lipinski definition) is 2. The van der Waals surface area contributed by atoms with Crippen LogP contribution in [0, 0.1) is 5.92 Å². The summed E-state index contributed by atoms with van der Waals surface area (Å²) in [7, 11) is 0. The Labute approximate surface area is 110 Å². The predicted molar refractivity (Wildman–Crippen MR) is 67.4 cm³/mol. The average Bonchev–Trinajstić information content (AvgIpc) is 2.28. The molecule has 1 aromatic rings. The maximum atomic E-state index is 11.8. The second kappa shape index (κ2) is 6.19. The summed E-state index contributed by atoms with van der Waals surface area (Å²) in [5.74, 6) is -0.300. The number of pyridine rings is 1. The maximum absolute atomic E-state index is 11.8. The quantitative estimate of drug-likeness (QED) is 0.829. The number of aromatic nitrogens is 1. The molecule has 0 radical (unpaired) electrons. The second-order valence-corrected chi connectivity index (χ2v) is 4.80. The van der Waals surface area contributed by atoms with Crippen molar-refractivity contribution < 1.29 is 9.90 Å². The molecule has 0 aliphatic heterocycles. The first-order valence-electron chi connectivity index (χ1n) is 5.19. The Morgan fingerprint density at radius 2 is 2.18 bits per heavy atom. The van der Waals surface area contributed by atoms with Crippen LogP contribution < -0.4 is 5.32 Å². The van der Waals surface area contributed by atoms with Crippen LogP contribution in [0.2, 0.25) is 10.2 Å². The molecule has 1 unspecified atom stereocenters. The van der Waals surface area contributed by atoms with E-state index in [1.165, 1.54) is 12.3 Å². The van der Waals surface area contributed by atoms with Gasteiger partial charge in [0.25, 0.3) is 5.91 Å². The summed E-state index contributed by atoms with van der Waals surface area (Å²) in [6.07, 6.45) is 0.729. The third kappa shape index (κ3) is 4.15. The Bertz CT molecular complexity index is 410. The molecule has 4 nitrogen and oxygen atoms in total. The van der Waals surface area contributed by atoms with Crippen molar-refractivity contribution in [2.24, 2.45) is 5.92 Å². The molecule has 1 atom stereocenters. The smallest absolute Gasteiger partial charge is 0.253 e. The molecule has 0 aliphatic carbocycles. The zero-order chi connectivity index (χ0) is 13.0. The minimum Gasteiger partial charge on any atom is -0.391 e. The zero-order valence-electron chi connectivity index (χ0n) is 9.58. The number of carbonyl (C=O) groups excluding carboxylic acids is 1. The minimum absolute atomic E-state index is 0.0757. The number of aliphatic hydroxyl groups is 1. The Kier molecular flexibility index (Phi) is 5.18. The van der Waals surface area contributed by atoms with Crippen molar-refractivity contribution in [3.05, 3.63) is 28.0 Å². The average molecular weight is 277 g/mol. The maximum Gasteiger partial charge on any atom is 0.253 e. The first-order chi connectivity index (χ1) is 7.91. The summed E-state index contributed by atoms with van der Waals surface area (Å²) in [6, 6.07) is 1.39. The summed E-state index contributed by atoms with van der Waals surface area (Å²) in [5.41, 5.74) is 0.252. The zero-order valence-corrected chi connectivity index (χ0v) is 11.1. The largest absolute Gasteiger partial charge is 0.391 e. The van der Waals surface area contributed by atoms with Crippen molar-refractivity contribution in [1.29, 1.82) is 0 Å². The molecule has 6 heteroatoms. The summed E-state index contributed by atoms with van der Waals surface area (Å²) in [5, 5.41) is 12.6. The van der Waals surface area contributed by atoms with Gasteiger partial charge in [-0.3, -0.25) is 4.79 Å². The lowest BCUT2D eigenvalue weighted by molar-refractivity contribution is 0.0871. The summed E-state index contributed by atoms with van der Waals surface area (Å²) in [6.45, 7) is 3.91. The van der Waals surface area contributed by atoms with Crippen molar-refractivity contribution in [2.45, 2.75) is 20.0 Å². The molecule has 1 rings (SSSR count). The van der Waals surface area contributed by atoms with E-state index in [-0.39, 0.29) is 34.1 Å². The van der Waals surface area contributed by atoms with Crippen molar-refractivity contribution in [3.63, 3.8) is 0 Å². The molecule has 1 amide bonds. The van der Waals surface area contributed by atoms with Gasteiger partial charge < -0.3 is 10.4 Å². The lowest BCUT2D eigenvalue weighted by atomic mass is 10.1. The van der Waals surface area contributed by atoms with E-state index in [0.29, 0.717) is 0 Å². The van der Waals surface area contributed by atoms with E-state index < -0.39 is 6.10 Å². The number of nitrogens with one attached hydrogen (secondary N) is 1. The SMILES string of the molecule is CC(C)C(O)CNC(=O)c1cc(Cl)ncc1Cl. The highest BCUT2D eigenvalue weighted by Crippen LogP contribution is 2.17. The minimum atomic E-state index is -0.588. The van der Waals surface area contributed by atoms with E-state index in [1.54, 1.807) is 0 Å². The van der Waals surface area contributed by atoms with Gasteiger partial charge in [-0.05, 0) is 12.0 Å². The second-order valence-electron chi connectivity index (χ2n) is 4.01. The van der Waals surface area contributed by atoms with E-state index in [1.807, 2.05) is 13.8 Å². The highest BCUT2D eigenvalue weighted by molar-refractivity contribution is 6.35. The van der Waals surface area contributed by atoms with Crippen molar-refractivity contribution >= 4 is 29.1 Å². The third-order valence-corrected chi connectivity index (χ3v) is 2.82. The standard InChI is InChI=1S/C11H14Cl2N2O2/c1-6(2)9(16)5-15-11(17)7-3-10(13)14-4-8(7)12/h3-4,6,9,16H,5H2,1-2H3,(H,15,17). The van der Waals surface area contributed by atoms with Gasteiger partial charge in [0.15, 0.2) is 0 Å². The molecule has 94 valence electrons. The molecule has 0 saturated heterocycles. The van der Waals surface area contributed by atoms with Crippen LogP contribution in [-0.2, 0) is 0 Å². The van der Waals surface area contributed by atoms with E-state index in [4.69, 9.17) is 23.2 Å². The fourth-order valence-corrected chi connectivity index (χ4v) is 1.46. The molecule has 0 aromatic carbocycles. The van der Waals surface area contributed by atoms with E-state index in [2.05, 4.69) is 10.3 Å². The fourth-order valence-electron chi connectivity index (χ4n) is 1.12. The van der Waals surface area contributed by atoms with Crippen LogP contribution in [0.3, 0.4) is 0 Å². The molecule has 0 fully saturated rings. The van der Waals surface area contributed by atoms with Gasteiger partial charge in [-0.1, -0.05) is 37.0 Å². The predicted octanol–water partition coefficient (Wildman–Crippen LogP) is 2.14. The van der Waals surface area contributed by atoms with E-state index >= 15 is 0 Å². The Morgan fingerprint density at radius 3 is 2.76 bits per heavy atom. The third-order valence-electron chi connectivity index (χ3n) is 2.31. The molecule has 1 heterocycles. The van der Waals surface area contributed by atoms with Crippen LogP contribution in [0.5, 0.6) is 0 Å². The first kappa shape index (κ1) is 14.2. The topological polar surface area (TPSA) is 62.2 Å². The summed E-state index contributed by atoms with van der Waals surface area (Å²) < 4.78 is 0. The number of carbonyl (C=O) groups is 1. The van der Waals surface area contributed by atoms with Gasteiger partial charge in [-0.2, -0.15) is 0 Å². The lowest BCUT2D eigenvalue weighted by Gasteiger charge is -2.15. The molecule has 2 N–H and O–H groups in total. The van der Waals surface area contributed by atoms with Crippen LogP contribution >= 0.6 is 23.2 Å². The van der Waals surface area contributed by atoms with Crippen LogP contribution in [0.25, 0.3) is 0 Å². The van der Waals surface area contributed by atoms with Crippen molar-refractivity contribution in [2.75, 3.05) is 6.54 Å². The van der Waals surface area contributed by atoms with Crippen LogP contribution in [-0.4, -0.2) is 28.6 Å². The van der Waals surface area contributed by atoms with Crippen LogP contribution in [0.15, 0.2) is 12.3 Å². The summed E-state index contributed by atoms with van der Waals surface area (Å²) in [4.78, 5) is 15.5. The number of halogens is 2. The normalized spacial score (nSPS) is 12.6. The van der Waals surface area contributed by atoms with Crippen molar-refractivity contribution in [3.8, 4) is 0 Å². The Balaban J connectivity index is 2.67. The molecule has 17 heavy (non-hydrogen) atoms. The van der Waals surface area contributed by atoms with E-state index in [9.17, 15) is 9.90 Å². The molecule has 0 aliphatic rings. The summed E-state index contributed by atoms with van der Waals surface area (Å²) >= 11 is 11.5. The van der Waals surface area contributed by atoms with Crippen molar-refractivity contribution in [1.82, 2.24) is 10.3 Å². The van der Waals surface area contributed by atoms with Gasteiger partial charge >= 0.3 is 0 Å². The monoisotopic (exact) mass is 276 g/mol. The molecular weight excluding hydrogens is 263 g/mol. The van der Waals surface area contributed by atoms with E-state index in [0.717, 1.165) is 0 Å². The highest BCUT2D eigenvalue weighted by atomic mass is 35.5. The lowest BCUT2D eigenvalue weighted by Crippen LogP contribution is -2.34. The van der Waals surface area contributed by atoms with Crippen LogP contribution in [0.4, 0.5) is 0 Å². The van der Waals surface area contributed by atoms with Gasteiger partial charge in [-0.25, -0.2) is 4.98 Å². The number of nitrogens with zero attached hydrogens (tertiary/aromatic N) is 1. The Hall–Kier alpha value is -0.840. The van der Waals surface area contributed by atoms with Gasteiger partial charge in [0.05, 0.1) is 16.7 Å². The Morgan fingerprint density at radius 1 is 1.53 bits per heavy atom. The first-order valence-corrected chi connectivity index (χ1v) is 5.94. The highest BCUT2D eigenvalue weighted by Gasteiger charge is 2.14.